The highest BCUT2D eigenvalue weighted by atomic mass is 32.2. The van der Waals surface area contributed by atoms with Crippen LogP contribution in [-0.2, 0) is 20.8 Å². The second-order valence-corrected chi connectivity index (χ2v) is 11.6. The van der Waals surface area contributed by atoms with Crippen LogP contribution in [0.15, 0.2) is 0 Å². The highest BCUT2D eigenvalue weighted by Gasteiger charge is 2.53. The third-order valence-electron chi connectivity index (χ3n) is 5.22. The number of nitrogens with one attached hydrogen (secondary N) is 1. The smallest absolute Gasteiger partial charge is 0.410 e. The molecular formula is C19H36N2O4S. The maximum absolute atomic E-state index is 12.7. The zero-order valence-electron chi connectivity index (χ0n) is 17.4. The fourth-order valence-electron chi connectivity index (χ4n) is 3.62. The summed E-state index contributed by atoms with van der Waals surface area (Å²) in [6.45, 7) is 15.6. The molecule has 0 aliphatic carbocycles. The first-order valence-electron chi connectivity index (χ1n) is 9.65. The molecule has 2 fully saturated rings. The Morgan fingerprint density at radius 2 is 1.85 bits per heavy atom. The van der Waals surface area contributed by atoms with Gasteiger partial charge in [0, 0.05) is 29.9 Å². The number of hydrogen-bond donors (Lipinski definition) is 1. The molecule has 2 rings (SSSR count). The molecule has 1 spiro atoms. The number of carbonyl (C=O) groups is 1. The molecule has 3 atom stereocenters. The van der Waals surface area contributed by atoms with Crippen LogP contribution in [0.4, 0.5) is 4.79 Å². The van der Waals surface area contributed by atoms with Gasteiger partial charge < -0.3 is 18.9 Å². The summed E-state index contributed by atoms with van der Waals surface area (Å²) in [5, 5.41) is 0. The first-order valence-corrected chi connectivity index (χ1v) is 10.8. The Balaban J connectivity index is 2.05. The number of carbonyl (C=O) groups excluding carboxylic acids is 1. The molecule has 0 unspecified atom stereocenters. The molecule has 0 saturated carbocycles. The molecular weight excluding hydrogens is 352 g/mol. The molecule has 0 radical (unpaired) electrons. The van der Waals surface area contributed by atoms with E-state index in [9.17, 15) is 9.35 Å². The van der Waals surface area contributed by atoms with Crippen molar-refractivity contribution in [2.75, 3.05) is 19.7 Å². The summed E-state index contributed by atoms with van der Waals surface area (Å²) >= 11 is -1.14. The number of ether oxygens (including phenoxy) is 2. The maximum Gasteiger partial charge on any atom is 0.410 e. The monoisotopic (exact) mass is 388 g/mol. The lowest BCUT2D eigenvalue weighted by molar-refractivity contribution is 0.00638. The van der Waals surface area contributed by atoms with Crippen LogP contribution < -0.4 is 4.72 Å². The summed E-state index contributed by atoms with van der Waals surface area (Å²) in [6.07, 6.45) is 2.37. The van der Waals surface area contributed by atoms with Gasteiger partial charge in [-0.2, -0.15) is 0 Å². The van der Waals surface area contributed by atoms with Crippen molar-refractivity contribution in [2.45, 2.75) is 90.2 Å². The van der Waals surface area contributed by atoms with Crippen molar-refractivity contribution in [1.82, 2.24) is 9.62 Å². The van der Waals surface area contributed by atoms with Gasteiger partial charge in [-0.1, -0.05) is 6.92 Å². The highest BCUT2D eigenvalue weighted by molar-refractivity contribution is 7.90. The molecule has 152 valence electrons. The van der Waals surface area contributed by atoms with Gasteiger partial charge in [-0.3, -0.25) is 0 Å². The van der Waals surface area contributed by atoms with E-state index in [1.54, 1.807) is 4.90 Å². The quantitative estimate of drug-likeness (QED) is 0.752. The fraction of sp³-hybridized carbons (Fsp3) is 0.947. The number of piperidine rings is 1. The molecule has 6 nitrogen and oxygen atoms in total. The predicted octanol–water partition coefficient (Wildman–Crippen LogP) is 3.23. The van der Waals surface area contributed by atoms with Crippen LogP contribution >= 0.6 is 0 Å². The molecule has 1 amide bonds. The number of nitrogens with zero attached hydrogens (tertiary/aromatic N) is 1. The Labute approximate surface area is 161 Å². The Morgan fingerprint density at radius 1 is 1.27 bits per heavy atom. The minimum absolute atomic E-state index is 0.0494. The number of likely N-dealkylation sites (tertiary alicyclic amines) is 1. The number of rotatable bonds is 3. The van der Waals surface area contributed by atoms with Crippen molar-refractivity contribution < 1.29 is 18.8 Å². The van der Waals surface area contributed by atoms with Crippen LogP contribution in [0.2, 0.25) is 0 Å². The molecule has 7 heteroatoms. The van der Waals surface area contributed by atoms with E-state index < -0.39 is 17.0 Å². The van der Waals surface area contributed by atoms with Crippen molar-refractivity contribution >= 4 is 17.5 Å². The van der Waals surface area contributed by atoms with Crippen LogP contribution in [0.3, 0.4) is 0 Å². The van der Waals surface area contributed by atoms with Gasteiger partial charge in [0.15, 0.2) is 0 Å². The SMILES string of the molecule is CC[C@@H]1OCC2(CCN(C(=O)OC(C)(C)C)CC2)[C@@H]1N[S@+]([O-])C(C)(C)C. The molecule has 0 aromatic carbocycles. The van der Waals surface area contributed by atoms with E-state index in [-0.39, 0.29) is 28.4 Å². The van der Waals surface area contributed by atoms with E-state index in [1.165, 1.54) is 0 Å². The summed E-state index contributed by atoms with van der Waals surface area (Å²) < 4.78 is 27.3. The second kappa shape index (κ2) is 7.86. The van der Waals surface area contributed by atoms with E-state index in [2.05, 4.69) is 11.6 Å². The number of amides is 1. The van der Waals surface area contributed by atoms with E-state index in [1.807, 2.05) is 41.5 Å². The predicted molar refractivity (Wildman–Crippen MR) is 104 cm³/mol. The van der Waals surface area contributed by atoms with Crippen LogP contribution in [0.25, 0.3) is 0 Å². The molecule has 26 heavy (non-hydrogen) atoms. The Kier molecular flexibility index (Phi) is 6.59. The second-order valence-electron chi connectivity index (χ2n) is 9.56. The molecule has 2 heterocycles. The van der Waals surface area contributed by atoms with Crippen LogP contribution in [0.1, 0.15) is 67.7 Å². The maximum atomic E-state index is 12.7. The normalized spacial score (nSPS) is 27.6. The van der Waals surface area contributed by atoms with Gasteiger partial charge in [0.25, 0.3) is 0 Å². The van der Waals surface area contributed by atoms with Gasteiger partial charge in [-0.25, -0.2) is 4.79 Å². The van der Waals surface area contributed by atoms with Crippen molar-refractivity contribution in [1.29, 1.82) is 0 Å². The minimum atomic E-state index is -1.14. The van der Waals surface area contributed by atoms with Crippen LogP contribution in [-0.4, -0.2) is 57.7 Å². The first-order chi connectivity index (χ1) is 11.9. The summed E-state index contributed by atoms with van der Waals surface area (Å²) in [5.41, 5.74) is -0.552. The summed E-state index contributed by atoms with van der Waals surface area (Å²) in [7, 11) is 0. The van der Waals surface area contributed by atoms with E-state index in [0.717, 1.165) is 19.3 Å². The Morgan fingerprint density at radius 3 is 2.31 bits per heavy atom. The summed E-state index contributed by atoms with van der Waals surface area (Å²) in [6, 6.07) is 0.0494. The molecule has 2 saturated heterocycles. The lowest BCUT2D eigenvalue weighted by Gasteiger charge is -2.43. The van der Waals surface area contributed by atoms with Crippen molar-refractivity contribution in [3.63, 3.8) is 0 Å². The van der Waals surface area contributed by atoms with Crippen LogP contribution in [0, 0.1) is 5.41 Å². The Bertz CT molecular complexity index is 493. The molecule has 0 aromatic heterocycles. The van der Waals surface area contributed by atoms with Crippen molar-refractivity contribution in [2.24, 2.45) is 5.41 Å². The number of hydrogen-bond acceptors (Lipinski definition) is 5. The average molecular weight is 389 g/mol. The van der Waals surface area contributed by atoms with Crippen molar-refractivity contribution in [3.8, 4) is 0 Å². The largest absolute Gasteiger partial charge is 0.598 e. The zero-order valence-corrected chi connectivity index (χ0v) is 18.2. The molecule has 1 N–H and O–H groups in total. The minimum Gasteiger partial charge on any atom is -0.598 e. The summed E-state index contributed by atoms with van der Waals surface area (Å²) in [4.78, 5) is 14.1. The summed E-state index contributed by atoms with van der Waals surface area (Å²) in [5.74, 6) is 0. The molecule has 2 aliphatic rings. The van der Waals surface area contributed by atoms with E-state index in [0.29, 0.717) is 19.7 Å². The van der Waals surface area contributed by atoms with Gasteiger partial charge in [-0.15, -0.1) is 4.72 Å². The van der Waals surface area contributed by atoms with Crippen LogP contribution in [0.5, 0.6) is 0 Å². The average Bonchev–Trinajstić information content (AvgIpc) is 2.83. The molecule has 0 bridgehead atoms. The third-order valence-corrected chi connectivity index (χ3v) is 6.80. The zero-order chi connectivity index (χ0) is 19.8. The standard InChI is InChI=1S/C19H36N2O4S/c1-8-14-15(20-26(23)18(5,6)7)19(13-24-14)9-11-21(12-10-19)16(22)25-17(2,3)4/h14-15,20H,8-13H2,1-7H3/t14-,15+,26+/m0/s1. The molecule has 0 aromatic rings. The lowest BCUT2D eigenvalue weighted by Crippen LogP contribution is -2.57. The Hall–Kier alpha value is -0.500. The van der Waals surface area contributed by atoms with E-state index in [4.69, 9.17) is 9.47 Å². The van der Waals surface area contributed by atoms with E-state index >= 15 is 0 Å². The molecule has 2 aliphatic heterocycles. The van der Waals surface area contributed by atoms with Gasteiger partial charge in [0.1, 0.15) is 10.3 Å². The van der Waals surface area contributed by atoms with Gasteiger partial charge in [0.2, 0.25) is 0 Å². The van der Waals surface area contributed by atoms with Gasteiger partial charge in [-0.05, 0) is 60.8 Å². The fourth-order valence-corrected chi connectivity index (χ4v) is 4.60. The lowest BCUT2D eigenvalue weighted by atomic mass is 9.73. The highest BCUT2D eigenvalue weighted by Crippen LogP contribution is 2.44. The van der Waals surface area contributed by atoms with Crippen molar-refractivity contribution in [3.05, 3.63) is 0 Å². The van der Waals surface area contributed by atoms with Gasteiger partial charge in [0.05, 0.1) is 18.8 Å². The third kappa shape index (κ3) is 5.06. The van der Waals surface area contributed by atoms with Gasteiger partial charge >= 0.3 is 6.09 Å². The topological polar surface area (TPSA) is 73.9 Å². The first kappa shape index (κ1) is 21.8.